The van der Waals surface area contributed by atoms with E-state index in [2.05, 4.69) is 9.44 Å². The molecule has 0 unspecified atom stereocenters. The number of rotatable bonds is 2. The van der Waals surface area contributed by atoms with Crippen LogP contribution >= 0.6 is 0 Å². The van der Waals surface area contributed by atoms with Crippen LogP contribution in [0.1, 0.15) is 5.56 Å². The molecule has 0 spiro atoms. The predicted molar refractivity (Wildman–Crippen MR) is 70.2 cm³/mol. The van der Waals surface area contributed by atoms with Crippen LogP contribution < -0.4 is 5.36 Å². The molecule has 18 heavy (non-hydrogen) atoms. The second kappa shape index (κ2) is 4.78. The molecule has 0 aliphatic rings. The minimum absolute atomic E-state index is 0.487. The van der Waals surface area contributed by atoms with Crippen LogP contribution in [0.4, 0.5) is 0 Å². The van der Waals surface area contributed by atoms with Crippen molar-refractivity contribution in [3.05, 3.63) is 53.4 Å². The highest BCUT2D eigenvalue weighted by Crippen LogP contribution is 2.11. The molecule has 94 valence electrons. The third-order valence-electron chi connectivity index (χ3n) is 2.40. The average Bonchev–Trinajstić information content (AvgIpc) is 2.47. The van der Waals surface area contributed by atoms with Crippen molar-refractivity contribution in [3.8, 4) is 0 Å². The molecule has 0 aliphatic heterocycles. The molecule has 0 N–H and O–H groups in total. The topological polar surface area (TPSA) is 55.7 Å². The van der Waals surface area contributed by atoms with E-state index < -0.39 is 10.1 Å². The highest BCUT2D eigenvalue weighted by Gasteiger charge is 2.00. The molecule has 0 bridgehead atoms. The van der Waals surface area contributed by atoms with Crippen LogP contribution in [-0.4, -0.2) is 14.7 Å². The molecular weight excluding hydrogens is 250 g/mol. The normalized spacial score (nSPS) is 12.7. The number of benzene rings is 1. The summed E-state index contributed by atoms with van der Waals surface area (Å²) in [4.78, 5) is 0. The molecule has 2 aromatic carbocycles. The van der Waals surface area contributed by atoms with Gasteiger partial charge in [0, 0.05) is 5.39 Å². The Morgan fingerprint density at radius 1 is 1.11 bits per heavy atom. The highest BCUT2D eigenvalue weighted by molar-refractivity contribution is 7.85. The molecule has 0 saturated carbocycles. The second-order valence-electron chi connectivity index (χ2n) is 4.06. The fraction of sp³-hybridized carbons (Fsp3) is 0.154. The lowest BCUT2D eigenvalue weighted by Gasteiger charge is -1.96. The maximum absolute atomic E-state index is 11.0. The molecule has 5 heteroatoms. The van der Waals surface area contributed by atoms with E-state index in [1.165, 1.54) is 0 Å². The molecule has 0 fully saturated rings. The molecule has 4 nitrogen and oxygen atoms in total. The maximum Gasteiger partial charge on any atom is 0.325 e. The van der Waals surface area contributed by atoms with Crippen molar-refractivity contribution in [1.29, 1.82) is 0 Å². The van der Waals surface area contributed by atoms with Crippen molar-refractivity contribution in [2.45, 2.75) is 6.92 Å². The Morgan fingerprint density at radius 3 is 2.56 bits per heavy atom. The van der Waals surface area contributed by atoms with Crippen LogP contribution in [0.3, 0.4) is 0 Å². The van der Waals surface area contributed by atoms with Gasteiger partial charge in [0.25, 0.3) is 0 Å². The first-order valence-corrected chi connectivity index (χ1v) is 7.20. The van der Waals surface area contributed by atoms with Gasteiger partial charge in [0.1, 0.15) is 5.36 Å². The summed E-state index contributed by atoms with van der Waals surface area (Å²) in [6.07, 6.45) is 0.964. The summed E-state index contributed by atoms with van der Waals surface area (Å²) in [7, 11) is -3.59. The SMILES string of the molecule is Cc1ccc2/c(=N\OS(C)(=O)=O)ccccc2c1. The smallest absolute Gasteiger partial charge is 0.268 e. The van der Waals surface area contributed by atoms with E-state index >= 15 is 0 Å². The average molecular weight is 263 g/mol. The van der Waals surface area contributed by atoms with Crippen LogP contribution in [-0.2, 0) is 14.4 Å². The van der Waals surface area contributed by atoms with Crippen molar-refractivity contribution in [3.63, 3.8) is 0 Å². The third kappa shape index (κ3) is 3.07. The summed E-state index contributed by atoms with van der Waals surface area (Å²) in [6.45, 7) is 2.00. The molecule has 0 saturated heterocycles. The molecule has 0 aliphatic carbocycles. The molecule has 2 aromatic rings. The summed E-state index contributed by atoms with van der Waals surface area (Å²) in [5.74, 6) is 0. The number of aryl methyl sites for hydroxylation is 1. The van der Waals surface area contributed by atoms with Gasteiger partial charge in [-0.15, -0.1) is 0 Å². The van der Waals surface area contributed by atoms with Gasteiger partial charge < -0.3 is 0 Å². The summed E-state index contributed by atoms with van der Waals surface area (Å²) < 4.78 is 26.4. The van der Waals surface area contributed by atoms with Crippen molar-refractivity contribution >= 4 is 20.9 Å². The van der Waals surface area contributed by atoms with Gasteiger partial charge in [-0.05, 0) is 18.4 Å². The van der Waals surface area contributed by atoms with E-state index in [0.717, 1.165) is 22.6 Å². The predicted octanol–water partition coefficient (Wildman–Crippen LogP) is 1.94. The third-order valence-corrected chi connectivity index (χ3v) is 2.74. The zero-order chi connectivity index (χ0) is 13.2. The van der Waals surface area contributed by atoms with Gasteiger partial charge in [-0.25, -0.2) is 0 Å². The van der Waals surface area contributed by atoms with Gasteiger partial charge >= 0.3 is 10.1 Å². The first kappa shape index (κ1) is 12.6. The summed E-state index contributed by atoms with van der Waals surface area (Å²) in [6, 6.07) is 13.2. The minimum atomic E-state index is -3.59. The quantitative estimate of drug-likeness (QED) is 0.778. The van der Waals surface area contributed by atoms with Crippen molar-refractivity contribution < 1.29 is 12.7 Å². The van der Waals surface area contributed by atoms with E-state index in [1.807, 2.05) is 37.3 Å². The molecule has 0 atom stereocenters. The monoisotopic (exact) mass is 263 g/mol. The van der Waals surface area contributed by atoms with Crippen LogP contribution in [0.15, 0.2) is 47.6 Å². The first-order chi connectivity index (χ1) is 8.46. The summed E-state index contributed by atoms with van der Waals surface area (Å²) in [5.41, 5.74) is 1.13. The van der Waals surface area contributed by atoms with Gasteiger partial charge in [-0.3, -0.25) is 4.28 Å². The summed E-state index contributed by atoms with van der Waals surface area (Å²) in [5, 5.41) is 6.00. The van der Waals surface area contributed by atoms with Crippen LogP contribution in [0.25, 0.3) is 10.8 Å². The van der Waals surface area contributed by atoms with E-state index in [-0.39, 0.29) is 0 Å². The molecule has 0 amide bonds. The van der Waals surface area contributed by atoms with Gasteiger partial charge in [0.05, 0.1) is 6.26 Å². The Hall–Kier alpha value is -1.88. The van der Waals surface area contributed by atoms with Gasteiger partial charge in [-0.1, -0.05) is 47.1 Å². The van der Waals surface area contributed by atoms with Crippen LogP contribution in [0.5, 0.6) is 0 Å². The van der Waals surface area contributed by atoms with Crippen molar-refractivity contribution in [2.24, 2.45) is 5.16 Å². The highest BCUT2D eigenvalue weighted by atomic mass is 32.2. The van der Waals surface area contributed by atoms with E-state index in [1.54, 1.807) is 12.1 Å². The molecule has 0 radical (unpaired) electrons. The Labute approximate surface area is 106 Å². The number of hydrogen-bond donors (Lipinski definition) is 0. The van der Waals surface area contributed by atoms with Crippen LogP contribution in [0.2, 0.25) is 0 Å². The lowest BCUT2D eigenvalue weighted by Crippen LogP contribution is -2.05. The molecule has 0 heterocycles. The minimum Gasteiger partial charge on any atom is -0.268 e. The fourth-order valence-corrected chi connectivity index (χ4v) is 1.85. The van der Waals surface area contributed by atoms with E-state index in [0.29, 0.717) is 5.36 Å². The van der Waals surface area contributed by atoms with E-state index in [4.69, 9.17) is 0 Å². The number of nitrogens with zero attached hydrogens (tertiary/aromatic N) is 1. The van der Waals surface area contributed by atoms with Crippen molar-refractivity contribution in [2.75, 3.05) is 6.26 Å². The fourth-order valence-electron chi connectivity index (χ4n) is 1.64. The first-order valence-electron chi connectivity index (χ1n) is 5.38. The number of hydrogen-bond acceptors (Lipinski definition) is 4. The zero-order valence-electron chi connectivity index (χ0n) is 10.1. The lowest BCUT2D eigenvalue weighted by atomic mass is 10.1. The Morgan fingerprint density at radius 2 is 1.83 bits per heavy atom. The Kier molecular flexibility index (Phi) is 3.34. The molecule has 0 aromatic heterocycles. The van der Waals surface area contributed by atoms with Crippen molar-refractivity contribution in [1.82, 2.24) is 0 Å². The van der Waals surface area contributed by atoms with Gasteiger partial charge in [0.15, 0.2) is 0 Å². The Balaban J connectivity index is 2.72. The van der Waals surface area contributed by atoms with Gasteiger partial charge in [-0.2, -0.15) is 8.42 Å². The standard InChI is InChI=1S/C13H13NO3S/c1-10-7-8-12-11(9-10)5-3-4-6-13(12)14-17-18(2,15)16/h3-9H,1-2H3/b14-13-. The zero-order valence-corrected chi connectivity index (χ0v) is 10.9. The maximum atomic E-state index is 11.0. The molecule has 2 rings (SSSR count). The second-order valence-corrected chi connectivity index (χ2v) is 5.62. The number of fused-ring (bicyclic) bond motifs is 1. The van der Waals surface area contributed by atoms with E-state index in [9.17, 15) is 8.42 Å². The largest absolute Gasteiger partial charge is 0.325 e. The molecular formula is C13H13NO3S. The van der Waals surface area contributed by atoms with Gasteiger partial charge in [0.2, 0.25) is 0 Å². The summed E-state index contributed by atoms with van der Waals surface area (Å²) >= 11 is 0. The Bertz CT molecular complexity index is 751. The van der Waals surface area contributed by atoms with Crippen LogP contribution in [0, 0.1) is 6.92 Å². The lowest BCUT2D eigenvalue weighted by molar-refractivity contribution is 0.329.